The van der Waals surface area contributed by atoms with Crippen LogP contribution in [-0.2, 0) is 14.4 Å². The molecule has 1 rings (SSSR count). The molecule has 2 amide bonds. The molecule has 1 saturated heterocycles. The SMILES string of the molecule is CC(=O)N1CCC(CC=O)(C(=O)NI)CC1. The molecule has 1 aliphatic rings. The predicted octanol–water partition coefficient (Wildman–Crippen LogP) is 0.670. The van der Waals surface area contributed by atoms with E-state index in [4.69, 9.17) is 0 Å². The number of nitrogens with one attached hydrogen (secondary N) is 1. The third kappa shape index (κ3) is 2.72. The summed E-state index contributed by atoms with van der Waals surface area (Å²) in [5.74, 6) is -0.0852. The van der Waals surface area contributed by atoms with Crippen LogP contribution in [0.4, 0.5) is 0 Å². The summed E-state index contributed by atoms with van der Waals surface area (Å²) in [6.07, 6.45) is 2.13. The summed E-state index contributed by atoms with van der Waals surface area (Å²) >= 11 is 1.79. The van der Waals surface area contributed by atoms with Gasteiger partial charge >= 0.3 is 0 Å². The second kappa shape index (κ2) is 5.60. The number of piperidine rings is 1. The maximum Gasteiger partial charge on any atom is 0.235 e. The average molecular weight is 338 g/mol. The zero-order chi connectivity index (χ0) is 12.2. The molecule has 1 fully saturated rings. The van der Waals surface area contributed by atoms with Gasteiger partial charge < -0.3 is 9.69 Å². The van der Waals surface area contributed by atoms with Gasteiger partial charge in [-0.15, -0.1) is 0 Å². The largest absolute Gasteiger partial charge is 0.343 e. The molecular formula is C10H15IN2O3. The van der Waals surface area contributed by atoms with Crippen LogP contribution in [0, 0.1) is 5.41 Å². The van der Waals surface area contributed by atoms with Crippen LogP contribution in [0.1, 0.15) is 26.2 Å². The Morgan fingerprint density at radius 1 is 1.44 bits per heavy atom. The standard InChI is InChI=1S/C10H15IN2O3/c1-8(15)13-5-2-10(3-6-13,4-7-14)9(16)12-11/h7H,2-6H2,1H3,(H,12,16). The summed E-state index contributed by atoms with van der Waals surface area (Å²) in [4.78, 5) is 35.3. The zero-order valence-corrected chi connectivity index (χ0v) is 11.3. The van der Waals surface area contributed by atoms with E-state index in [0.29, 0.717) is 25.9 Å². The summed E-state index contributed by atoms with van der Waals surface area (Å²) in [7, 11) is 0. The Balaban J connectivity index is 2.73. The van der Waals surface area contributed by atoms with Gasteiger partial charge in [0.15, 0.2) is 0 Å². The molecule has 1 aliphatic heterocycles. The lowest BCUT2D eigenvalue weighted by Crippen LogP contribution is -2.48. The maximum atomic E-state index is 11.8. The topological polar surface area (TPSA) is 66.5 Å². The highest BCUT2D eigenvalue weighted by molar-refractivity contribution is 14.1. The van der Waals surface area contributed by atoms with Crippen molar-refractivity contribution in [3.63, 3.8) is 0 Å². The Morgan fingerprint density at radius 3 is 2.38 bits per heavy atom. The Bertz CT molecular complexity index is 298. The van der Waals surface area contributed by atoms with Gasteiger partial charge in [-0.25, -0.2) is 0 Å². The number of likely N-dealkylation sites (tertiary alicyclic amines) is 1. The smallest absolute Gasteiger partial charge is 0.235 e. The van der Waals surface area contributed by atoms with Gasteiger partial charge in [0.05, 0.1) is 28.3 Å². The highest BCUT2D eigenvalue weighted by Crippen LogP contribution is 2.34. The number of hydrogen-bond donors (Lipinski definition) is 1. The molecule has 0 saturated carbocycles. The van der Waals surface area contributed by atoms with E-state index in [2.05, 4.69) is 3.53 Å². The molecule has 0 atom stereocenters. The van der Waals surface area contributed by atoms with Crippen LogP contribution in [0.25, 0.3) is 0 Å². The van der Waals surface area contributed by atoms with Crippen molar-refractivity contribution in [2.45, 2.75) is 26.2 Å². The van der Waals surface area contributed by atoms with Crippen molar-refractivity contribution in [3.05, 3.63) is 0 Å². The number of aldehydes is 1. The molecule has 0 spiro atoms. The lowest BCUT2D eigenvalue weighted by Gasteiger charge is -2.38. The fraction of sp³-hybridized carbons (Fsp3) is 0.700. The van der Waals surface area contributed by atoms with Gasteiger partial charge in [-0.1, -0.05) is 0 Å². The summed E-state index contributed by atoms with van der Waals surface area (Å²) < 4.78 is 2.57. The molecule has 0 aliphatic carbocycles. The van der Waals surface area contributed by atoms with Gasteiger partial charge in [-0.3, -0.25) is 13.1 Å². The molecule has 1 N–H and O–H groups in total. The van der Waals surface area contributed by atoms with E-state index in [0.717, 1.165) is 6.29 Å². The number of amides is 2. The van der Waals surface area contributed by atoms with E-state index < -0.39 is 5.41 Å². The first-order valence-electron chi connectivity index (χ1n) is 5.16. The molecule has 5 nitrogen and oxygen atoms in total. The third-order valence-corrected chi connectivity index (χ3v) is 3.70. The maximum absolute atomic E-state index is 11.8. The van der Waals surface area contributed by atoms with Gasteiger partial charge in [-0.05, 0) is 12.8 Å². The summed E-state index contributed by atoms with van der Waals surface area (Å²) in [5, 5.41) is 0. The van der Waals surface area contributed by atoms with Crippen LogP contribution in [0.3, 0.4) is 0 Å². The number of carbonyl (C=O) groups is 3. The third-order valence-electron chi connectivity index (χ3n) is 3.21. The molecule has 0 unspecified atom stereocenters. The molecule has 0 aromatic carbocycles. The van der Waals surface area contributed by atoms with E-state index >= 15 is 0 Å². The van der Waals surface area contributed by atoms with Gasteiger partial charge in [0.1, 0.15) is 6.29 Å². The average Bonchev–Trinajstić information content (AvgIpc) is 2.29. The van der Waals surface area contributed by atoms with E-state index in [1.165, 1.54) is 6.92 Å². The molecule has 6 heteroatoms. The monoisotopic (exact) mass is 338 g/mol. The minimum absolute atomic E-state index is 0.0228. The van der Waals surface area contributed by atoms with Crippen molar-refractivity contribution in [3.8, 4) is 0 Å². The molecule has 0 aromatic heterocycles. The Kier molecular flexibility index (Phi) is 4.69. The fourth-order valence-corrected chi connectivity index (χ4v) is 2.61. The second-order valence-electron chi connectivity index (χ2n) is 4.08. The molecule has 0 radical (unpaired) electrons. The lowest BCUT2D eigenvalue weighted by atomic mass is 9.75. The first-order valence-corrected chi connectivity index (χ1v) is 6.24. The number of hydrogen-bond acceptors (Lipinski definition) is 3. The van der Waals surface area contributed by atoms with Crippen molar-refractivity contribution in [2.24, 2.45) is 5.41 Å². The van der Waals surface area contributed by atoms with Crippen LogP contribution < -0.4 is 3.53 Å². The van der Waals surface area contributed by atoms with Gasteiger partial charge in [0, 0.05) is 26.4 Å². The van der Waals surface area contributed by atoms with Crippen molar-refractivity contribution in [2.75, 3.05) is 13.1 Å². The summed E-state index contributed by atoms with van der Waals surface area (Å²) in [6, 6.07) is 0. The highest BCUT2D eigenvalue weighted by Gasteiger charge is 2.41. The summed E-state index contributed by atoms with van der Waals surface area (Å²) in [5.41, 5.74) is -0.616. The number of halogens is 1. The summed E-state index contributed by atoms with van der Waals surface area (Å²) in [6.45, 7) is 2.62. The first kappa shape index (κ1) is 13.4. The first-order chi connectivity index (χ1) is 7.55. The van der Waals surface area contributed by atoms with Crippen molar-refractivity contribution in [1.82, 2.24) is 8.43 Å². The molecule has 90 valence electrons. The van der Waals surface area contributed by atoms with Crippen LogP contribution in [0.2, 0.25) is 0 Å². The number of carbonyl (C=O) groups excluding carboxylic acids is 3. The van der Waals surface area contributed by atoms with Crippen LogP contribution in [-0.4, -0.2) is 36.1 Å². The second-order valence-corrected chi connectivity index (χ2v) is 4.62. The molecule has 1 heterocycles. The molecule has 0 bridgehead atoms. The van der Waals surface area contributed by atoms with Gasteiger partial charge in [0.25, 0.3) is 0 Å². The van der Waals surface area contributed by atoms with Crippen LogP contribution in [0.15, 0.2) is 0 Å². The molecule has 0 aromatic rings. The van der Waals surface area contributed by atoms with Gasteiger partial charge in [0.2, 0.25) is 11.8 Å². The van der Waals surface area contributed by atoms with E-state index in [1.54, 1.807) is 27.8 Å². The van der Waals surface area contributed by atoms with E-state index in [1.807, 2.05) is 0 Å². The fourth-order valence-electron chi connectivity index (χ4n) is 2.03. The Morgan fingerprint density at radius 2 is 2.00 bits per heavy atom. The number of rotatable bonds is 3. The van der Waals surface area contributed by atoms with Gasteiger partial charge in [-0.2, -0.15) is 0 Å². The van der Waals surface area contributed by atoms with Crippen LogP contribution in [0.5, 0.6) is 0 Å². The lowest BCUT2D eigenvalue weighted by molar-refractivity contribution is -0.139. The Labute approximate surface area is 108 Å². The van der Waals surface area contributed by atoms with E-state index in [9.17, 15) is 14.4 Å². The van der Waals surface area contributed by atoms with Crippen molar-refractivity contribution in [1.29, 1.82) is 0 Å². The highest BCUT2D eigenvalue weighted by atomic mass is 127. The van der Waals surface area contributed by atoms with Crippen molar-refractivity contribution < 1.29 is 14.4 Å². The number of nitrogens with zero attached hydrogens (tertiary/aromatic N) is 1. The normalized spacial score (nSPS) is 19.0. The van der Waals surface area contributed by atoms with Crippen molar-refractivity contribution >= 4 is 41.0 Å². The molecular weight excluding hydrogens is 323 g/mol. The van der Waals surface area contributed by atoms with Crippen LogP contribution >= 0.6 is 22.9 Å². The predicted molar refractivity (Wildman–Crippen MR) is 66.8 cm³/mol. The molecule has 16 heavy (non-hydrogen) atoms. The Hall–Kier alpha value is -0.660. The van der Waals surface area contributed by atoms with E-state index in [-0.39, 0.29) is 18.2 Å². The quantitative estimate of drug-likeness (QED) is 0.467. The zero-order valence-electron chi connectivity index (χ0n) is 9.16. The minimum Gasteiger partial charge on any atom is -0.343 e. The minimum atomic E-state index is -0.616.